The summed E-state index contributed by atoms with van der Waals surface area (Å²) in [5.74, 6) is -0.515. The van der Waals surface area contributed by atoms with Crippen molar-refractivity contribution in [2.75, 3.05) is 36.0 Å². The number of aromatic nitrogens is 3. The molecule has 27 heavy (non-hydrogen) atoms. The highest BCUT2D eigenvalue weighted by Crippen LogP contribution is 2.22. The number of thiazole rings is 1. The van der Waals surface area contributed by atoms with Crippen LogP contribution in [0.15, 0.2) is 41.3 Å². The molecule has 3 aromatic rings. The maximum atomic E-state index is 12.4. The Morgan fingerprint density at radius 1 is 1.22 bits per heavy atom. The molecule has 0 aromatic carbocycles. The molecule has 0 unspecified atom stereocenters. The van der Waals surface area contributed by atoms with Gasteiger partial charge in [-0.1, -0.05) is 6.58 Å². The number of carboxylic acids is 1. The highest BCUT2D eigenvalue weighted by atomic mass is 32.1. The fourth-order valence-corrected chi connectivity index (χ4v) is 3.88. The van der Waals surface area contributed by atoms with E-state index in [-0.39, 0.29) is 10.9 Å². The summed E-state index contributed by atoms with van der Waals surface area (Å²) >= 11 is 1.62. The van der Waals surface area contributed by atoms with Crippen LogP contribution in [-0.4, -0.2) is 51.8 Å². The molecule has 0 bridgehead atoms. The smallest absolute Gasteiger partial charge is 0.341 e. The number of fused-ring (bicyclic) bond motifs is 1. The minimum absolute atomic E-state index is 0.264. The van der Waals surface area contributed by atoms with E-state index in [4.69, 9.17) is 0 Å². The summed E-state index contributed by atoms with van der Waals surface area (Å²) in [5.41, 5.74) is -0.433. The van der Waals surface area contributed by atoms with Crippen LogP contribution in [0.4, 0.5) is 10.9 Å². The molecule has 1 fully saturated rings. The minimum atomic E-state index is -1.26. The Labute approximate surface area is 158 Å². The quantitative estimate of drug-likeness (QED) is 0.736. The monoisotopic (exact) mass is 383 g/mol. The van der Waals surface area contributed by atoms with Crippen LogP contribution in [-0.2, 0) is 0 Å². The molecule has 0 spiro atoms. The van der Waals surface area contributed by atoms with Gasteiger partial charge in [-0.15, -0.1) is 11.3 Å². The topological polar surface area (TPSA) is 91.6 Å². The van der Waals surface area contributed by atoms with Crippen molar-refractivity contribution in [3.63, 3.8) is 0 Å². The number of carbonyl (C=O) groups is 1. The molecule has 0 saturated carbocycles. The summed E-state index contributed by atoms with van der Waals surface area (Å²) in [7, 11) is 0. The molecule has 8 nitrogen and oxygen atoms in total. The SMILES string of the molecule is C=Cn1cc(C(=O)O)c(=O)c2ccc(N3CCN(c4nccs4)CC3)nc21. The van der Waals surface area contributed by atoms with Crippen LogP contribution in [0.25, 0.3) is 17.2 Å². The lowest BCUT2D eigenvalue weighted by molar-refractivity contribution is 0.0695. The van der Waals surface area contributed by atoms with Crippen LogP contribution < -0.4 is 15.2 Å². The second-order valence-electron chi connectivity index (χ2n) is 6.10. The lowest BCUT2D eigenvalue weighted by atomic mass is 10.2. The zero-order valence-electron chi connectivity index (χ0n) is 14.4. The predicted molar refractivity (Wildman–Crippen MR) is 106 cm³/mol. The zero-order chi connectivity index (χ0) is 19.0. The average Bonchev–Trinajstić information content (AvgIpc) is 3.23. The van der Waals surface area contributed by atoms with Gasteiger partial charge in [0.2, 0.25) is 5.43 Å². The number of hydrogen-bond acceptors (Lipinski definition) is 7. The number of rotatable bonds is 4. The summed E-state index contributed by atoms with van der Waals surface area (Å²) in [6, 6.07) is 3.40. The van der Waals surface area contributed by atoms with Gasteiger partial charge < -0.3 is 19.5 Å². The van der Waals surface area contributed by atoms with Gasteiger partial charge in [0.15, 0.2) is 5.13 Å². The molecule has 0 radical (unpaired) electrons. The molecule has 1 saturated heterocycles. The number of carboxylic acid groups (broad SMARTS) is 1. The lowest BCUT2D eigenvalue weighted by Crippen LogP contribution is -2.46. The van der Waals surface area contributed by atoms with Crippen molar-refractivity contribution in [1.82, 2.24) is 14.5 Å². The first-order chi connectivity index (χ1) is 13.1. The predicted octanol–water partition coefficient (Wildman–Crippen LogP) is 1.98. The Hall–Kier alpha value is -3.20. The summed E-state index contributed by atoms with van der Waals surface area (Å²) in [5, 5.41) is 12.5. The number of piperazine rings is 1. The Balaban J connectivity index is 1.66. The molecule has 3 aromatic heterocycles. The van der Waals surface area contributed by atoms with Crippen LogP contribution >= 0.6 is 11.3 Å². The van der Waals surface area contributed by atoms with Crippen molar-refractivity contribution in [1.29, 1.82) is 0 Å². The summed E-state index contributed by atoms with van der Waals surface area (Å²) < 4.78 is 1.48. The fraction of sp³-hybridized carbons (Fsp3) is 0.222. The molecule has 4 rings (SSSR count). The number of aromatic carboxylic acids is 1. The third kappa shape index (κ3) is 3.06. The first-order valence-corrected chi connectivity index (χ1v) is 9.27. The van der Waals surface area contributed by atoms with E-state index in [1.165, 1.54) is 17.0 Å². The molecule has 9 heteroatoms. The highest BCUT2D eigenvalue weighted by molar-refractivity contribution is 7.13. The second kappa shape index (κ2) is 6.84. The van der Waals surface area contributed by atoms with Crippen molar-refractivity contribution in [2.24, 2.45) is 0 Å². The van der Waals surface area contributed by atoms with Gasteiger partial charge in [0, 0.05) is 50.2 Å². The average molecular weight is 383 g/mol. The molecule has 4 heterocycles. The van der Waals surface area contributed by atoms with Gasteiger partial charge in [-0.05, 0) is 12.1 Å². The molecule has 138 valence electrons. The van der Waals surface area contributed by atoms with E-state index in [0.717, 1.165) is 37.1 Å². The van der Waals surface area contributed by atoms with E-state index < -0.39 is 11.4 Å². The van der Waals surface area contributed by atoms with Crippen molar-refractivity contribution < 1.29 is 9.90 Å². The Morgan fingerprint density at radius 2 is 1.96 bits per heavy atom. The molecule has 0 aliphatic carbocycles. The maximum absolute atomic E-state index is 12.4. The first-order valence-electron chi connectivity index (χ1n) is 8.39. The number of hydrogen-bond donors (Lipinski definition) is 1. The Bertz CT molecular complexity index is 1070. The lowest BCUT2D eigenvalue weighted by Gasteiger charge is -2.35. The van der Waals surface area contributed by atoms with Crippen LogP contribution in [0.5, 0.6) is 0 Å². The van der Waals surface area contributed by atoms with Crippen molar-refractivity contribution in [3.05, 3.63) is 52.3 Å². The zero-order valence-corrected chi connectivity index (χ0v) is 15.2. The maximum Gasteiger partial charge on any atom is 0.341 e. The number of pyridine rings is 2. The fourth-order valence-electron chi connectivity index (χ4n) is 3.18. The molecule has 1 aliphatic rings. The normalized spacial score (nSPS) is 14.5. The number of nitrogens with zero attached hydrogens (tertiary/aromatic N) is 5. The van der Waals surface area contributed by atoms with Gasteiger partial charge in [0.25, 0.3) is 0 Å². The van der Waals surface area contributed by atoms with Gasteiger partial charge in [-0.2, -0.15) is 0 Å². The van der Waals surface area contributed by atoms with E-state index in [1.54, 1.807) is 29.7 Å². The highest BCUT2D eigenvalue weighted by Gasteiger charge is 2.21. The van der Waals surface area contributed by atoms with Crippen molar-refractivity contribution in [2.45, 2.75) is 0 Å². The van der Waals surface area contributed by atoms with Gasteiger partial charge in [-0.25, -0.2) is 14.8 Å². The molecular formula is C18H17N5O3S. The largest absolute Gasteiger partial charge is 0.477 e. The first kappa shape index (κ1) is 17.2. The Morgan fingerprint density at radius 3 is 2.59 bits per heavy atom. The van der Waals surface area contributed by atoms with Crippen molar-refractivity contribution >= 4 is 45.5 Å². The Kier molecular flexibility index (Phi) is 4.36. The number of anilines is 2. The van der Waals surface area contributed by atoms with Crippen LogP contribution in [0, 0.1) is 0 Å². The van der Waals surface area contributed by atoms with Gasteiger partial charge in [0.05, 0.1) is 5.39 Å². The molecule has 0 amide bonds. The van der Waals surface area contributed by atoms with E-state index in [2.05, 4.69) is 26.3 Å². The molecule has 1 N–H and O–H groups in total. The van der Waals surface area contributed by atoms with E-state index in [0.29, 0.717) is 5.65 Å². The molecular weight excluding hydrogens is 366 g/mol. The standard InChI is InChI=1S/C18H17N5O3S/c1-2-21-11-13(17(25)26)15(24)12-3-4-14(20-16(12)21)22-6-8-23(9-7-22)18-19-5-10-27-18/h2-5,10-11H,1,6-9H2,(H,25,26). The van der Waals surface area contributed by atoms with Crippen LogP contribution in [0.2, 0.25) is 0 Å². The molecule has 1 aliphatic heterocycles. The van der Waals surface area contributed by atoms with Gasteiger partial charge in [-0.3, -0.25) is 4.79 Å². The minimum Gasteiger partial charge on any atom is -0.477 e. The van der Waals surface area contributed by atoms with Gasteiger partial charge >= 0.3 is 5.97 Å². The molecule has 0 atom stereocenters. The van der Waals surface area contributed by atoms with E-state index in [1.807, 2.05) is 5.38 Å². The third-order valence-corrected chi connectivity index (χ3v) is 5.42. The van der Waals surface area contributed by atoms with E-state index in [9.17, 15) is 14.7 Å². The van der Waals surface area contributed by atoms with E-state index >= 15 is 0 Å². The summed E-state index contributed by atoms with van der Waals surface area (Å²) in [6.45, 7) is 6.92. The van der Waals surface area contributed by atoms with Crippen molar-refractivity contribution in [3.8, 4) is 0 Å². The third-order valence-electron chi connectivity index (χ3n) is 4.58. The second-order valence-corrected chi connectivity index (χ2v) is 6.97. The van der Waals surface area contributed by atoms with Crippen LogP contribution in [0.3, 0.4) is 0 Å². The van der Waals surface area contributed by atoms with Gasteiger partial charge in [0.1, 0.15) is 17.0 Å². The summed E-state index contributed by atoms with van der Waals surface area (Å²) in [6.07, 6.45) is 4.51. The van der Waals surface area contributed by atoms with Crippen LogP contribution in [0.1, 0.15) is 10.4 Å². The summed E-state index contributed by atoms with van der Waals surface area (Å²) in [4.78, 5) is 37.0.